The molecular weight excluding hydrogens is 343 g/mol. The van der Waals surface area contributed by atoms with Crippen molar-refractivity contribution in [3.63, 3.8) is 0 Å². The summed E-state index contributed by atoms with van der Waals surface area (Å²) in [6, 6.07) is 5.18. The van der Waals surface area contributed by atoms with Crippen molar-refractivity contribution in [2.75, 3.05) is 0 Å². The Hall–Kier alpha value is -1.51. The Labute approximate surface area is 142 Å². The van der Waals surface area contributed by atoms with Crippen LogP contribution in [0.1, 0.15) is 33.3 Å². The van der Waals surface area contributed by atoms with Gasteiger partial charge in [-0.05, 0) is 39.8 Å². The lowest BCUT2D eigenvalue weighted by Crippen LogP contribution is -2.54. The summed E-state index contributed by atoms with van der Waals surface area (Å²) in [6.45, 7) is 6.07. The van der Waals surface area contributed by atoms with Crippen LogP contribution in [0.5, 0.6) is 0 Å². The number of rotatable bonds is 6. The number of hydrogen-bond donors (Lipinski definition) is 2. The molecule has 8 heteroatoms. The van der Waals surface area contributed by atoms with Crippen molar-refractivity contribution in [3.05, 3.63) is 47.5 Å². The molecule has 0 aliphatic carbocycles. The molecule has 0 saturated heterocycles. The number of carbonyl (C=O) groups is 1. The highest BCUT2D eigenvalue weighted by Crippen LogP contribution is 2.33. The zero-order chi connectivity index (χ0) is 18.7. The van der Waals surface area contributed by atoms with Gasteiger partial charge in [0, 0.05) is 16.9 Å². The molecule has 0 spiro atoms. The van der Waals surface area contributed by atoms with Crippen molar-refractivity contribution in [3.8, 4) is 0 Å². The van der Waals surface area contributed by atoms with Crippen LogP contribution in [0.4, 0.5) is 13.2 Å². The molecule has 0 fully saturated rings. The molecule has 3 atom stereocenters. The Morgan fingerprint density at radius 1 is 1.33 bits per heavy atom. The molecule has 134 valence electrons. The largest absolute Gasteiger partial charge is 0.598 e. The van der Waals surface area contributed by atoms with E-state index in [2.05, 4.69) is 4.72 Å². The lowest BCUT2D eigenvalue weighted by molar-refractivity contribution is -0.134. The van der Waals surface area contributed by atoms with Gasteiger partial charge in [-0.15, -0.1) is 4.72 Å². The van der Waals surface area contributed by atoms with Gasteiger partial charge in [0.2, 0.25) is 5.83 Å². The summed E-state index contributed by atoms with van der Waals surface area (Å²) < 4.78 is 56.3. The SMILES string of the molecule is CC(C)(C)[S+]([O-])N[C@](C)(c1ccccc1F)[C@H](F)C=C(F)C(=O)O. The van der Waals surface area contributed by atoms with E-state index in [1.165, 1.54) is 25.1 Å². The molecule has 1 rings (SSSR count). The minimum absolute atomic E-state index is 0.190. The Morgan fingerprint density at radius 2 is 1.88 bits per heavy atom. The Balaban J connectivity index is 3.39. The maximum Gasteiger partial charge on any atom is 0.364 e. The first-order valence-electron chi connectivity index (χ1n) is 7.09. The van der Waals surface area contributed by atoms with Crippen LogP contribution in [0.2, 0.25) is 0 Å². The molecule has 1 aromatic carbocycles. The van der Waals surface area contributed by atoms with Gasteiger partial charge in [-0.3, -0.25) is 0 Å². The van der Waals surface area contributed by atoms with Crippen molar-refractivity contribution in [2.45, 2.75) is 44.2 Å². The van der Waals surface area contributed by atoms with Crippen LogP contribution in [-0.4, -0.2) is 26.5 Å². The van der Waals surface area contributed by atoms with Gasteiger partial charge in [0.25, 0.3) is 0 Å². The van der Waals surface area contributed by atoms with Gasteiger partial charge >= 0.3 is 5.97 Å². The number of nitrogens with one attached hydrogen (secondary N) is 1. The number of carboxylic acids is 1. The molecule has 0 heterocycles. The molecule has 1 aromatic rings. The van der Waals surface area contributed by atoms with E-state index in [0.717, 1.165) is 6.07 Å². The number of alkyl halides is 1. The zero-order valence-corrected chi connectivity index (χ0v) is 14.6. The van der Waals surface area contributed by atoms with Crippen molar-refractivity contribution >= 4 is 17.3 Å². The third-order valence-corrected chi connectivity index (χ3v) is 5.06. The second kappa shape index (κ2) is 7.58. The molecule has 0 saturated carbocycles. The first-order chi connectivity index (χ1) is 10.9. The fourth-order valence-electron chi connectivity index (χ4n) is 1.85. The predicted molar refractivity (Wildman–Crippen MR) is 86.5 cm³/mol. The second-order valence-corrected chi connectivity index (χ2v) is 8.35. The Morgan fingerprint density at radius 3 is 2.33 bits per heavy atom. The molecule has 1 unspecified atom stereocenters. The number of aliphatic carboxylic acids is 1. The van der Waals surface area contributed by atoms with Crippen LogP contribution in [-0.2, 0) is 21.7 Å². The van der Waals surface area contributed by atoms with Gasteiger partial charge in [0.15, 0.2) is 0 Å². The third kappa shape index (κ3) is 4.75. The summed E-state index contributed by atoms with van der Waals surface area (Å²) >= 11 is -1.82. The monoisotopic (exact) mass is 363 g/mol. The van der Waals surface area contributed by atoms with Crippen LogP contribution in [0.25, 0.3) is 0 Å². The number of halogens is 3. The smallest absolute Gasteiger partial charge is 0.364 e. The van der Waals surface area contributed by atoms with Crippen molar-refractivity contribution in [1.82, 2.24) is 4.72 Å². The van der Waals surface area contributed by atoms with Gasteiger partial charge in [0.1, 0.15) is 22.3 Å². The fraction of sp³-hybridized carbons (Fsp3) is 0.438. The lowest BCUT2D eigenvalue weighted by atomic mass is 9.87. The average Bonchev–Trinajstić information content (AvgIpc) is 2.46. The highest BCUT2D eigenvalue weighted by Gasteiger charge is 2.44. The second-order valence-electron chi connectivity index (χ2n) is 6.39. The van der Waals surface area contributed by atoms with Crippen molar-refractivity contribution in [1.29, 1.82) is 0 Å². The lowest BCUT2D eigenvalue weighted by Gasteiger charge is -2.36. The minimum Gasteiger partial charge on any atom is -0.598 e. The average molecular weight is 363 g/mol. The van der Waals surface area contributed by atoms with Crippen LogP contribution < -0.4 is 4.72 Å². The van der Waals surface area contributed by atoms with Crippen LogP contribution in [0.15, 0.2) is 36.2 Å². The molecule has 24 heavy (non-hydrogen) atoms. The molecule has 0 amide bonds. The van der Waals surface area contributed by atoms with Gasteiger partial charge in [-0.25, -0.2) is 13.6 Å². The highest BCUT2D eigenvalue weighted by molar-refractivity contribution is 7.90. The topological polar surface area (TPSA) is 72.4 Å². The van der Waals surface area contributed by atoms with E-state index in [1.807, 2.05) is 0 Å². The summed E-state index contributed by atoms with van der Waals surface area (Å²) in [7, 11) is 0. The van der Waals surface area contributed by atoms with E-state index in [1.54, 1.807) is 20.8 Å². The van der Waals surface area contributed by atoms with E-state index in [-0.39, 0.29) is 11.6 Å². The number of hydrogen-bond acceptors (Lipinski definition) is 3. The van der Waals surface area contributed by atoms with Crippen molar-refractivity contribution < 1.29 is 27.6 Å². The first-order valence-corrected chi connectivity index (χ1v) is 8.24. The van der Waals surface area contributed by atoms with E-state index in [4.69, 9.17) is 5.11 Å². The predicted octanol–water partition coefficient (Wildman–Crippen LogP) is 3.37. The standard InChI is InChI=1S/C16H20F3NO3S/c1-15(2,3)24(23)20-16(4,10-7-5-6-8-11(10)17)13(19)9-12(18)14(21)22/h5-9,13,20H,1-4H3,(H,21,22)/t13-,16-,24?/m1/s1. The molecule has 0 aromatic heterocycles. The molecule has 0 radical (unpaired) electrons. The molecule has 0 aliphatic rings. The number of carboxylic acid groups (broad SMARTS) is 1. The molecule has 4 nitrogen and oxygen atoms in total. The summed E-state index contributed by atoms with van der Waals surface area (Å²) in [5, 5.41) is 8.57. The number of benzene rings is 1. The summed E-state index contributed by atoms with van der Waals surface area (Å²) in [6.07, 6.45) is -2.06. The molecule has 2 N–H and O–H groups in total. The third-order valence-electron chi connectivity index (χ3n) is 3.34. The van der Waals surface area contributed by atoms with Crippen molar-refractivity contribution in [2.24, 2.45) is 0 Å². The van der Waals surface area contributed by atoms with Gasteiger partial charge < -0.3 is 9.66 Å². The Kier molecular flexibility index (Phi) is 6.49. The van der Waals surface area contributed by atoms with Gasteiger partial charge in [-0.2, -0.15) is 4.39 Å². The maximum absolute atomic E-state index is 14.7. The van der Waals surface area contributed by atoms with E-state index in [0.29, 0.717) is 0 Å². The van der Waals surface area contributed by atoms with Gasteiger partial charge in [-0.1, -0.05) is 18.2 Å². The van der Waals surface area contributed by atoms with Crippen LogP contribution in [0, 0.1) is 5.82 Å². The van der Waals surface area contributed by atoms with E-state index < -0.39 is 45.4 Å². The summed E-state index contributed by atoms with van der Waals surface area (Å²) in [5.41, 5.74) is -2.12. The maximum atomic E-state index is 14.7. The zero-order valence-electron chi connectivity index (χ0n) is 13.8. The summed E-state index contributed by atoms with van der Waals surface area (Å²) in [5.74, 6) is -4.44. The first kappa shape index (κ1) is 20.5. The van der Waals surface area contributed by atoms with E-state index in [9.17, 15) is 22.5 Å². The molecule has 0 bridgehead atoms. The van der Waals surface area contributed by atoms with Gasteiger partial charge in [0.05, 0.1) is 0 Å². The molecule has 0 aliphatic heterocycles. The van der Waals surface area contributed by atoms with Crippen LogP contribution >= 0.6 is 0 Å². The fourth-order valence-corrected chi connectivity index (χ4v) is 2.77. The molecular formula is C16H20F3NO3S. The Bertz CT molecular complexity index is 633. The van der Waals surface area contributed by atoms with E-state index >= 15 is 0 Å². The summed E-state index contributed by atoms with van der Waals surface area (Å²) in [4.78, 5) is 10.6. The normalized spacial score (nSPS) is 17.9. The van der Waals surface area contributed by atoms with Crippen LogP contribution in [0.3, 0.4) is 0 Å². The highest BCUT2D eigenvalue weighted by atomic mass is 32.2. The minimum atomic E-state index is -2.28. The quantitative estimate of drug-likeness (QED) is 0.600.